The SMILES string of the molecule is O=[N+]([O-])n1[nH]ncc1=S(=O)=O.c1ccccc1. The third-order valence-electron chi connectivity index (χ3n) is 1.54. The second kappa shape index (κ2) is 6.23. The van der Waals surface area contributed by atoms with E-state index in [0.717, 1.165) is 6.20 Å². The molecule has 17 heavy (non-hydrogen) atoms. The molecule has 2 aromatic rings. The van der Waals surface area contributed by atoms with E-state index in [1.54, 1.807) is 0 Å². The highest BCUT2D eigenvalue weighted by molar-refractivity contribution is 7.63. The fraction of sp³-hybridized carbons (Fsp3) is 0. The third-order valence-corrected chi connectivity index (χ3v) is 2.16. The molecule has 0 saturated carbocycles. The molecule has 0 unspecified atom stereocenters. The van der Waals surface area contributed by atoms with Gasteiger partial charge in [0, 0.05) is 4.79 Å². The number of aromatic amines is 1. The van der Waals surface area contributed by atoms with Gasteiger partial charge in [0.15, 0.2) is 0 Å². The molecule has 90 valence electrons. The minimum absolute atomic E-state index is 0.198. The van der Waals surface area contributed by atoms with E-state index in [0.29, 0.717) is 0 Å². The Hall–Kier alpha value is -2.42. The highest BCUT2D eigenvalue weighted by Gasteiger charge is 2.03. The van der Waals surface area contributed by atoms with Gasteiger partial charge < -0.3 is 10.1 Å². The Morgan fingerprint density at radius 2 is 1.65 bits per heavy atom. The molecular weight excluding hydrogens is 248 g/mol. The van der Waals surface area contributed by atoms with Crippen LogP contribution in [0.2, 0.25) is 0 Å². The molecule has 0 fully saturated rings. The third kappa shape index (κ3) is 3.91. The molecule has 1 aromatic heterocycles. The van der Waals surface area contributed by atoms with Crippen LogP contribution in [0.3, 0.4) is 0 Å². The van der Waals surface area contributed by atoms with Crippen LogP contribution in [0, 0.1) is 14.8 Å². The van der Waals surface area contributed by atoms with Crippen LogP contribution in [0.4, 0.5) is 0 Å². The van der Waals surface area contributed by atoms with E-state index in [1.807, 2.05) is 41.6 Å². The van der Waals surface area contributed by atoms with Gasteiger partial charge in [0.1, 0.15) is 6.20 Å². The van der Waals surface area contributed by atoms with Gasteiger partial charge in [0.2, 0.25) is 10.3 Å². The van der Waals surface area contributed by atoms with E-state index in [4.69, 9.17) is 0 Å². The number of nitrogens with zero attached hydrogens (tertiary/aromatic N) is 3. The van der Waals surface area contributed by atoms with Gasteiger partial charge in [0.05, 0.1) is 5.03 Å². The zero-order chi connectivity index (χ0) is 12.7. The Morgan fingerprint density at radius 1 is 1.18 bits per heavy atom. The van der Waals surface area contributed by atoms with Crippen LogP contribution >= 0.6 is 0 Å². The highest BCUT2D eigenvalue weighted by atomic mass is 32.2. The number of nitro groups is 1. The lowest BCUT2D eigenvalue weighted by atomic mass is 10.4. The van der Waals surface area contributed by atoms with Crippen molar-refractivity contribution in [2.45, 2.75) is 0 Å². The molecule has 1 aromatic carbocycles. The Labute approximate surface area is 96.8 Å². The van der Waals surface area contributed by atoms with Crippen molar-refractivity contribution in [2.24, 2.45) is 0 Å². The number of rotatable bonds is 1. The van der Waals surface area contributed by atoms with Gasteiger partial charge in [-0.1, -0.05) is 46.7 Å². The standard InChI is InChI=1S/C6H6.C2H2N4O4S/c1-2-4-6-5-3-1;7-6(8)5-2(11(9)10)1-3-4-5/h1-6H;1,4H. The van der Waals surface area contributed by atoms with Crippen LogP contribution in [0.25, 0.3) is 0 Å². The molecule has 0 radical (unpaired) electrons. The first-order chi connectivity index (χ1) is 8.13. The predicted octanol–water partition coefficient (Wildman–Crippen LogP) is 0.349. The summed E-state index contributed by atoms with van der Waals surface area (Å²) >= 11 is 0. The Bertz CT molecular complexity index is 609. The van der Waals surface area contributed by atoms with Crippen molar-refractivity contribution in [3.63, 3.8) is 0 Å². The quantitative estimate of drug-likeness (QED) is 0.449. The molecule has 0 aliphatic carbocycles. The smallest absolute Gasteiger partial charge is 0.270 e. The molecule has 0 bridgehead atoms. The summed E-state index contributed by atoms with van der Waals surface area (Å²) < 4.78 is 19.9. The Balaban J connectivity index is 0.000000202. The van der Waals surface area contributed by atoms with E-state index in [-0.39, 0.29) is 4.79 Å². The monoisotopic (exact) mass is 256 g/mol. The molecule has 8 nitrogen and oxygen atoms in total. The zero-order valence-corrected chi connectivity index (χ0v) is 9.24. The van der Waals surface area contributed by atoms with Crippen molar-refractivity contribution >= 4 is 10.3 Å². The van der Waals surface area contributed by atoms with Gasteiger partial charge in [-0.3, -0.25) is 0 Å². The first kappa shape index (κ1) is 12.6. The zero-order valence-electron chi connectivity index (χ0n) is 8.42. The normalized spacial score (nSPS) is 8.94. The number of hydrogen-bond acceptors (Lipinski definition) is 5. The van der Waals surface area contributed by atoms with Crippen LogP contribution in [-0.2, 0) is 10.3 Å². The van der Waals surface area contributed by atoms with Gasteiger partial charge in [-0.2, -0.15) is 8.42 Å². The Kier molecular flexibility index (Phi) is 4.63. The molecule has 0 aliphatic rings. The van der Waals surface area contributed by atoms with Crippen molar-refractivity contribution in [1.29, 1.82) is 0 Å². The maximum atomic E-state index is 10.2. The lowest BCUT2D eigenvalue weighted by Crippen LogP contribution is -2.11. The van der Waals surface area contributed by atoms with E-state index >= 15 is 0 Å². The summed E-state index contributed by atoms with van der Waals surface area (Å²) in [5, 5.41) is 14.1. The maximum absolute atomic E-state index is 10.2. The number of benzene rings is 1. The Morgan fingerprint density at radius 3 is 1.94 bits per heavy atom. The lowest BCUT2D eigenvalue weighted by molar-refractivity contribution is -0.554. The van der Waals surface area contributed by atoms with Crippen molar-refractivity contribution in [3.8, 4) is 0 Å². The molecular formula is C8H8N4O4S. The molecule has 9 heteroatoms. The van der Waals surface area contributed by atoms with Gasteiger partial charge in [0.25, 0.3) is 4.64 Å². The van der Waals surface area contributed by atoms with Crippen molar-refractivity contribution < 1.29 is 13.5 Å². The summed E-state index contributed by atoms with van der Waals surface area (Å²) in [4.78, 5) is 10.2. The van der Waals surface area contributed by atoms with Crippen LogP contribution in [0.5, 0.6) is 0 Å². The van der Waals surface area contributed by atoms with Crippen molar-refractivity contribution in [3.05, 3.63) is 57.3 Å². The van der Waals surface area contributed by atoms with Gasteiger partial charge in [-0.25, -0.2) is 0 Å². The maximum Gasteiger partial charge on any atom is 0.270 e. The summed E-state index contributed by atoms with van der Waals surface area (Å²) in [6, 6.07) is 12.0. The lowest BCUT2D eigenvalue weighted by Gasteiger charge is -1.87. The first-order valence-corrected chi connectivity index (χ1v) is 5.40. The first-order valence-electron chi connectivity index (χ1n) is 4.32. The minimum atomic E-state index is -2.65. The summed E-state index contributed by atoms with van der Waals surface area (Å²) in [6.45, 7) is 0. The number of nitrogens with one attached hydrogen (secondary N) is 1. The van der Waals surface area contributed by atoms with E-state index < -0.39 is 20.0 Å². The summed E-state index contributed by atoms with van der Waals surface area (Å²) in [5.41, 5.74) is 0. The van der Waals surface area contributed by atoms with Crippen LogP contribution in [0.1, 0.15) is 0 Å². The van der Waals surface area contributed by atoms with Gasteiger partial charge in [-0.15, -0.1) is 0 Å². The molecule has 1 N–H and O–H groups in total. The number of hydrogen-bond donors (Lipinski definition) is 1. The molecule has 0 saturated heterocycles. The second-order valence-corrected chi connectivity index (χ2v) is 3.52. The molecule has 2 rings (SSSR count). The number of aromatic nitrogens is 3. The average Bonchev–Trinajstić information content (AvgIpc) is 2.81. The molecule has 0 atom stereocenters. The second-order valence-electron chi connectivity index (χ2n) is 2.64. The van der Waals surface area contributed by atoms with Gasteiger partial charge >= 0.3 is 0 Å². The summed E-state index contributed by atoms with van der Waals surface area (Å²) in [6.07, 6.45) is 0.839. The van der Waals surface area contributed by atoms with Crippen LogP contribution in [0.15, 0.2) is 42.6 Å². The van der Waals surface area contributed by atoms with Crippen LogP contribution in [-0.4, -0.2) is 28.6 Å². The van der Waals surface area contributed by atoms with Gasteiger partial charge in [-0.05, 0) is 0 Å². The largest absolute Gasteiger partial charge is 0.339 e. The fourth-order valence-electron chi connectivity index (χ4n) is 0.858. The summed E-state index contributed by atoms with van der Waals surface area (Å²) in [7, 11) is -2.65. The van der Waals surface area contributed by atoms with E-state index in [9.17, 15) is 18.5 Å². The summed E-state index contributed by atoms with van der Waals surface area (Å²) in [5.74, 6) is 0. The molecule has 0 spiro atoms. The predicted molar refractivity (Wildman–Crippen MR) is 57.6 cm³/mol. The molecule has 0 aliphatic heterocycles. The molecule has 0 amide bonds. The number of H-pyrrole nitrogens is 1. The van der Waals surface area contributed by atoms with E-state index in [1.165, 1.54) is 0 Å². The highest BCUT2D eigenvalue weighted by Crippen LogP contribution is 1.82. The molecule has 1 heterocycles. The fourth-order valence-corrected chi connectivity index (χ4v) is 1.25. The minimum Gasteiger partial charge on any atom is -0.339 e. The van der Waals surface area contributed by atoms with Crippen LogP contribution < -0.4 is 0 Å². The van der Waals surface area contributed by atoms with Crippen molar-refractivity contribution in [1.82, 2.24) is 15.1 Å². The average molecular weight is 256 g/mol. The van der Waals surface area contributed by atoms with Crippen molar-refractivity contribution in [2.75, 3.05) is 0 Å². The topological polar surface area (TPSA) is 111 Å². The van der Waals surface area contributed by atoms with E-state index in [2.05, 4.69) is 5.10 Å².